The largest absolute Gasteiger partial charge is 0.297 e. The van der Waals surface area contributed by atoms with E-state index >= 15 is 0 Å². The molecule has 1 aromatic carbocycles. The van der Waals surface area contributed by atoms with Gasteiger partial charge in [-0.3, -0.25) is 15.7 Å². The van der Waals surface area contributed by atoms with E-state index < -0.39 is 0 Å². The standard InChI is InChI=1S/C14H15FN4S2/c15-10-1-3-13(4-2-10)21-9-12(18-16)7-11-8-19-5-6-20-14(19)17-11/h1-6,8,12,18H,7,9,16H2. The van der Waals surface area contributed by atoms with Gasteiger partial charge in [0.2, 0.25) is 0 Å². The van der Waals surface area contributed by atoms with Gasteiger partial charge in [-0.05, 0) is 24.3 Å². The average molecular weight is 322 g/mol. The number of hydrogen-bond donors (Lipinski definition) is 2. The molecule has 0 saturated heterocycles. The van der Waals surface area contributed by atoms with Crippen molar-refractivity contribution < 1.29 is 4.39 Å². The first-order valence-corrected chi connectivity index (χ1v) is 8.36. The predicted octanol–water partition coefficient (Wildman–Crippen LogP) is 2.70. The fourth-order valence-corrected chi connectivity index (χ4v) is 3.68. The maximum atomic E-state index is 12.9. The Morgan fingerprint density at radius 2 is 2.19 bits per heavy atom. The molecule has 21 heavy (non-hydrogen) atoms. The van der Waals surface area contributed by atoms with Crippen LogP contribution in [0.4, 0.5) is 4.39 Å². The maximum Gasteiger partial charge on any atom is 0.193 e. The molecule has 3 aromatic rings. The van der Waals surface area contributed by atoms with Gasteiger partial charge in [0.15, 0.2) is 4.96 Å². The molecule has 4 nitrogen and oxygen atoms in total. The number of thioether (sulfide) groups is 1. The van der Waals surface area contributed by atoms with Crippen LogP contribution in [0.5, 0.6) is 0 Å². The first-order chi connectivity index (χ1) is 10.2. The number of thiazole rings is 1. The van der Waals surface area contributed by atoms with Crippen LogP contribution in [0.25, 0.3) is 4.96 Å². The summed E-state index contributed by atoms with van der Waals surface area (Å²) in [4.78, 5) is 6.58. The molecule has 7 heteroatoms. The molecule has 0 fully saturated rings. The van der Waals surface area contributed by atoms with Crippen LogP contribution in [0, 0.1) is 5.82 Å². The summed E-state index contributed by atoms with van der Waals surface area (Å²) in [6.07, 6.45) is 4.78. The number of aromatic nitrogens is 2. The molecule has 2 aromatic heterocycles. The van der Waals surface area contributed by atoms with Gasteiger partial charge in [-0.2, -0.15) is 0 Å². The first kappa shape index (κ1) is 14.5. The lowest BCUT2D eigenvalue weighted by atomic mass is 10.2. The third-order valence-electron chi connectivity index (χ3n) is 3.10. The monoisotopic (exact) mass is 322 g/mol. The molecule has 0 bridgehead atoms. The molecule has 3 N–H and O–H groups in total. The van der Waals surface area contributed by atoms with Gasteiger partial charge < -0.3 is 0 Å². The fraction of sp³-hybridized carbons (Fsp3) is 0.214. The van der Waals surface area contributed by atoms with Crippen LogP contribution in [0.1, 0.15) is 5.69 Å². The van der Waals surface area contributed by atoms with E-state index in [0.29, 0.717) is 0 Å². The smallest absolute Gasteiger partial charge is 0.193 e. The lowest BCUT2D eigenvalue weighted by Gasteiger charge is -2.14. The number of nitrogens with two attached hydrogens (primary N) is 1. The molecule has 0 aliphatic heterocycles. The highest BCUT2D eigenvalue weighted by molar-refractivity contribution is 7.99. The summed E-state index contributed by atoms with van der Waals surface area (Å²) in [5, 5.41) is 2.01. The summed E-state index contributed by atoms with van der Waals surface area (Å²) < 4.78 is 14.9. The van der Waals surface area contributed by atoms with E-state index in [1.54, 1.807) is 35.2 Å². The Morgan fingerprint density at radius 3 is 2.90 bits per heavy atom. The second-order valence-electron chi connectivity index (χ2n) is 4.66. The van der Waals surface area contributed by atoms with Crippen LogP contribution in [0.2, 0.25) is 0 Å². The molecule has 3 rings (SSSR count). The van der Waals surface area contributed by atoms with Crippen molar-refractivity contribution in [3.63, 3.8) is 0 Å². The van der Waals surface area contributed by atoms with E-state index in [4.69, 9.17) is 5.84 Å². The van der Waals surface area contributed by atoms with Gasteiger partial charge in [-0.15, -0.1) is 23.1 Å². The number of benzene rings is 1. The number of rotatable bonds is 6. The SMILES string of the molecule is NNC(CSc1ccc(F)cc1)Cc1cn2ccsc2n1. The molecule has 0 spiro atoms. The summed E-state index contributed by atoms with van der Waals surface area (Å²) in [7, 11) is 0. The number of nitrogens with one attached hydrogen (secondary N) is 1. The third-order valence-corrected chi connectivity index (χ3v) is 5.04. The van der Waals surface area contributed by atoms with E-state index in [0.717, 1.165) is 27.7 Å². The highest BCUT2D eigenvalue weighted by Gasteiger charge is 2.12. The van der Waals surface area contributed by atoms with Crippen molar-refractivity contribution >= 4 is 28.1 Å². The summed E-state index contributed by atoms with van der Waals surface area (Å²) in [6.45, 7) is 0. The maximum absolute atomic E-state index is 12.9. The summed E-state index contributed by atoms with van der Waals surface area (Å²) in [6, 6.07) is 6.61. The molecule has 1 atom stereocenters. The molecule has 0 aliphatic carbocycles. The van der Waals surface area contributed by atoms with Crippen molar-refractivity contribution in [3.05, 3.63) is 53.6 Å². The minimum Gasteiger partial charge on any atom is -0.297 e. The Balaban J connectivity index is 1.59. The van der Waals surface area contributed by atoms with Crippen molar-refractivity contribution in [3.8, 4) is 0 Å². The molecule has 2 heterocycles. The molecule has 0 amide bonds. The van der Waals surface area contributed by atoms with Gasteiger partial charge >= 0.3 is 0 Å². The molecular formula is C14H15FN4S2. The Kier molecular flexibility index (Phi) is 4.54. The minimum atomic E-state index is -0.217. The lowest BCUT2D eigenvalue weighted by Crippen LogP contribution is -2.38. The topological polar surface area (TPSA) is 55.3 Å². The van der Waals surface area contributed by atoms with E-state index in [2.05, 4.69) is 10.4 Å². The summed E-state index contributed by atoms with van der Waals surface area (Å²) in [5.74, 6) is 6.21. The highest BCUT2D eigenvalue weighted by Crippen LogP contribution is 2.20. The molecule has 0 aliphatic rings. The third kappa shape index (κ3) is 3.62. The van der Waals surface area contributed by atoms with E-state index in [9.17, 15) is 4.39 Å². The van der Waals surface area contributed by atoms with Crippen molar-refractivity contribution in [1.29, 1.82) is 0 Å². The summed E-state index contributed by atoms with van der Waals surface area (Å²) >= 11 is 3.26. The zero-order valence-corrected chi connectivity index (χ0v) is 12.8. The Bertz CT molecular complexity index is 679. The van der Waals surface area contributed by atoms with Gasteiger partial charge in [-0.1, -0.05) is 0 Å². The number of halogens is 1. The molecule has 0 radical (unpaired) electrons. The van der Waals surface area contributed by atoms with Gasteiger partial charge in [0.05, 0.1) is 5.69 Å². The van der Waals surface area contributed by atoms with Crippen molar-refractivity contribution in [2.45, 2.75) is 17.4 Å². The van der Waals surface area contributed by atoms with Crippen molar-refractivity contribution in [2.75, 3.05) is 5.75 Å². The lowest BCUT2D eigenvalue weighted by molar-refractivity contribution is 0.570. The highest BCUT2D eigenvalue weighted by atomic mass is 32.2. The van der Waals surface area contributed by atoms with Crippen LogP contribution in [0.15, 0.2) is 46.9 Å². The number of fused-ring (bicyclic) bond motifs is 1. The number of nitrogens with zero attached hydrogens (tertiary/aromatic N) is 2. The number of imidazole rings is 1. The molecule has 0 saturated carbocycles. The zero-order valence-electron chi connectivity index (χ0n) is 11.2. The van der Waals surface area contributed by atoms with Crippen LogP contribution in [-0.2, 0) is 6.42 Å². The first-order valence-electron chi connectivity index (χ1n) is 6.50. The van der Waals surface area contributed by atoms with Crippen molar-refractivity contribution in [2.24, 2.45) is 5.84 Å². The molecular weight excluding hydrogens is 307 g/mol. The second kappa shape index (κ2) is 6.57. The van der Waals surface area contributed by atoms with Crippen LogP contribution >= 0.6 is 23.1 Å². The molecule has 1 unspecified atom stereocenters. The van der Waals surface area contributed by atoms with Crippen molar-refractivity contribution in [1.82, 2.24) is 14.8 Å². The van der Waals surface area contributed by atoms with Gasteiger partial charge in [0.25, 0.3) is 0 Å². The average Bonchev–Trinajstić information content (AvgIpc) is 3.06. The van der Waals surface area contributed by atoms with E-state index in [1.807, 2.05) is 22.2 Å². The Labute approximate surface area is 130 Å². The van der Waals surface area contributed by atoms with Crippen LogP contribution < -0.4 is 11.3 Å². The Morgan fingerprint density at radius 1 is 1.38 bits per heavy atom. The normalized spacial score (nSPS) is 12.9. The van der Waals surface area contributed by atoms with Crippen LogP contribution in [-0.4, -0.2) is 21.2 Å². The van der Waals surface area contributed by atoms with E-state index in [-0.39, 0.29) is 11.9 Å². The zero-order chi connectivity index (χ0) is 14.7. The number of hydrogen-bond acceptors (Lipinski definition) is 5. The van der Waals surface area contributed by atoms with Gasteiger partial charge in [-0.25, -0.2) is 9.37 Å². The van der Waals surface area contributed by atoms with Gasteiger partial charge in [0, 0.05) is 40.9 Å². The van der Waals surface area contributed by atoms with E-state index in [1.165, 1.54) is 12.1 Å². The predicted molar refractivity (Wildman–Crippen MR) is 85.0 cm³/mol. The number of hydrazine groups is 1. The fourth-order valence-electron chi connectivity index (χ4n) is 2.02. The summed E-state index contributed by atoms with van der Waals surface area (Å²) in [5.41, 5.74) is 3.85. The Hall–Kier alpha value is -1.41. The van der Waals surface area contributed by atoms with Crippen LogP contribution in [0.3, 0.4) is 0 Å². The second-order valence-corrected chi connectivity index (χ2v) is 6.62. The molecule has 110 valence electrons. The van der Waals surface area contributed by atoms with Gasteiger partial charge in [0.1, 0.15) is 5.82 Å². The minimum absolute atomic E-state index is 0.115. The quantitative estimate of drug-likeness (QED) is 0.416.